The molecule has 3 nitrogen and oxygen atoms in total. The molecule has 0 saturated heterocycles. The van der Waals surface area contributed by atoms with Crippen LogP contribution in [0.3, 0.4) is 0 Å². The molecule has 0 radical (unpaired) electrons. The molecule has 0 atom stereocenters. The van der Waals surface area contributed by atoms with Crippen molar-refractivity contribution in [2.75, 3.05) is 27.2 Å². The summed E-state index contributed by atoms with van der Waals surface area (Å²) in [7, 11) is 3.95. The standard InChI is InChI=1S/C11H19Cl3N2O/c1-9(2)8-16(7-5-6-15(3)4)10(17)11(12,13)14/h8H,5-7H2,1-4H3. The van der Waals surface area contributed by atoms with Crippen molar-refractivity contribution in [1.29, 1.82) is 0 Å². The van der Waals surface area contributed by atoms with Gasteiger partial charge < -0.3 is 9.80 Å². The van der Waals surface area contributed by atoms with E-state index in [0.29, 0.717) is 6.54 Å². The number of alkyl halides is 3. The van der Waals surface area contributed by atoms with Gasteiger partial charge in [0.05, 0.1) is 0 Å². The van der Waals surface area contributed by atoms with Gasteiger partial charge in [-0.3, -0.25) is 4.79 Å². The third-order valence-corrected chi connectivity index (χ3v) is 2.41. The Labute approximate surface area is 118 Å². The summed E-state index contributed by atoms with van der Waals surface area (Å²) in [5.41, 5.74) is 0.984. The number of hydrogen-bond acceptors (Lipinski definition) is 2. The van der Waals surface area contributed by atoms with Gasteiger partial charge in [-0.15, -0.1) is 0 Å². The molecule has 0 aromatic carbocycles. The Kier molecular flexibility index (Phi) is 7.49. The first-order valence-corrected chi connectivity index (χ1v) is 6.45. The number of allylic oxidation sites excluding steroid dienone is 1. The zero-order valence-corrected chi connectivity index (χ0v) is 12.9. The second-order valence-corrected chi connectivity index (χ2v) is 6.64. The molecule has 0 aliphatic rings. The van der Waals surface area contributed by atoms with Crippen LogP contribution in [0.4, 0.5) is 0 Å². The van der Waals surface area contributed by atoms with Gasteiger partial charge in [-0.1, -0.05) is 40.4 Å². The number of carbonyl (C=O) groups is 1. The van der Waals surface area contributed by atoms with Crippen molar-refractivity contribution in [3.05, 3.63) is 11.8 Å². The van der Waals surface area contributed by atoms with Crippen LogP contribution in [-0.2, 0) is 4.79 Å². The summed E-state index contributed by atoms with van der Waals surface area (Å²) in [6.45, 7) is 5.20. The Balaban J connectivity index is 4.56. The molecule has 0 N–H and O–H groups in total. The van der Waals surface area contributed by atoms with E-state index in [-0.39, 0.29) is 0 Å². The first-order valence-electron chi connectivity index (χ1n) is 5.32. The van der Waals surface area contributed by atoms with Gasteiger partial charge in [0.25, 0.3) is 9.70 Å². The molecular weight excluding hydrogens is 282 g/mol. The second kappa shape index (κ2) is 7.47. The number of carbonyl (C=O) groups excluding carboxylic acids is 1. The van der Waals surface area contributed by atoms with Crippen molar-refractivity contribution in [1.82, 2.24) is 9.80 Å². The molecule has 6 heteroatoms. The summed E-state index contributed by atoms with van der Waals surface area (Å²) in [5.74, 6) is -0.512. The van der Waals surface area contributed by atoms with Gasteiger partial charge in [0, 0.05) is 12.7 Å². The average Bonchev–Trinajstić information content (AvgIpc) is 2.12. The molecule has 0 saturated carbocycles. The highest BCUT2D eigenvalue weighted by atomic mass is 35.6. The highest BCUT2D eigenvalue weighted by molar-refractivity contribution is 6.76. The van der Waals surface area contributed by atoms with Gasteiger partial charge in [0.1, 0.15) is 0 Å². The summed E-state index contributed by atoms with van der Waals surface area (Å²) in [4.78, 5) is 15.4. The molecule has 0 spiro atoms. The van der Waals surface area contributed by atoms with Crippen LogP contribution in [0.1, 0.15) is 20.3 Å². The molecule has 0 fully saturated rings. The van der Waals surface area contributed by atoms with Crippen LogP contribution in [0.5, 0.6) is 0 Å². The first-order chi connectivity index (χ1) is 7.64. The van der Waals surface area contributed by atoms with Crippen molar-refractivity contribution >= 4 is 40.7 Å². The molecule has 0 rings (SSSR count). The summed E-state index contributed by atoms with van der Waals surface area (Å²) in [6.07, 6.45) is 2.53. The third-order valence-electron chi connectivity index (χ3n) is 1.92. The summed E-state index contributed by atoms with van der Waals surface area (Å²) < 4.78 is -1.90. The van der Waals surface area contributed by atoms with E-state index in [1.165, 1.54) is 4.90 Å². The fraction of sp³-hybridized carbons (Fsp3) is 0.727. The van der Waals surface area contributed by atoms with Crippen molar-refractivity contribution in [2.24, 2.45) is 0 Å². The fourth-order valence-electron chi connectivity index (χ4n) is 1.26. The van der Waals surface area contributed by atoms with Crippen LogP contribution in [0.25, 0.3) is 0 Å². The Morgan fingerprint density at radius 1 is 1.18 bits per heavy atom. The monoisotopic (exact) mass is 300 g/mol. The van der Waals surface area contributed by atoms with Crippen molar-refractivity contribution in [3.8, 4) is 0 Å². The lowest BCUT2D eigenvalue weighted by atomic mass is 10.3. The van der Waals surface area contributed by atoms with E-state index in [1.54, 1.807) is 6.20 Å². The van der Waals surface area contributed by atoms with Gasteiger partial charge >= 0.3 is 0 Å². The Morgan fingerprint density at radius 2 is 1.71 bits per heavy atom. The Morgan fingerprint density at radius 3 is 2.06 bits per heavy atom. The van der Waals surface area contributed by atoms with Gasteiger partial charge in [0.2, 0.25) is 0 Å². The van der Waals surface area contributed by atoms with Gasteiger partial charge in [-0.25, -0.2) is 0 Å². The van der Waals surface area contributed by atoms with Crippen LogP contribution >= 0.6 is 34.8 Å². The van der Waals surface area contributed by atoms with Gasteiger partial charge in [0.15, 0.2) is 0 Å². The molecule has 0 aromatic heterocycles. The molecule has 1 amide bonds. The normalized spacial score (nSPS) is 11.5. The Bertz CT molecular complexity index is 281. The van der Waals surface area contributed by atoms with Crippen molar-refractivity contribution in [2.45, 2.75) is 24.1 Å². The van der Waals surface area contributed by atoms with Crippen molar-refractivity contribution < 1.29 is 4.79 Å². The van der Waals surface area contributed by atoms with Crippen LogP contribution < -0.4 is 0 Å². The number of halogens is 3. The molecule has 100 valence electrons. The second-order valence-electron chi connectivity index (χ2n) is 4.36. The van der Waals surface area contributed by atoms with E-state index in [9.17, 15) is 4.79 Å². The van der Waals surface area contributed by atoms with Gasteiger partial charge in [-0.2, -0.15) is 0 Å². The van der Waals surface area contributed by atoms with E-state index in [2.05, 4.69) is 0 Å². The molecule has 0 aromatic rings. The predicted octanol–water partition coefficient (Wildman–Crippen LogP) is 3.06. The molecule has 17 heavy (non-hydrogen) atoms. The minimum Gasteiger partial charge on any atom is -0.315 e. The van der Waals surface area contributed by atoms with E-state index < -0.39 is 9.70 Å². The fourth-order valence-corrected chi connectivity index (χ4v) is 1.58. The predicted molar refractivity (Wildman–Crippen MR) is 74.6 cm³/mol. The quantitative estimate of drug-likeness (QED) is 0.729. The SMILES string of the molecule is CC(C)=CN(CCCN(C)C)C(=O)C(Cl)(Cl)Cl. The lowest BCUT2D eigenvalue weighted by molar-refractivity contribution is -0.127. The number of nitrogens with zero attached hydrogens (tertiary/aromatic N) is 2. The minimum atomic E-state index is -1.90. The number of amides is 1. The molecule has 0 unspecified atom stereocenters. The van der Waals surface area contributed by atoms with E-state index >= 15 is 0 Å². The maximum absolute atomic E-state index is 11.8. The molecular formula is C11H19Cl3N2O. The molecule has 0 heterocycles. The lowest BCUT2D eigenvalue weighted by Crippen LogP contribution is -2.37. The highest BCUT2D eigenvalue weighted by Gasteiger charge is 2.34. The minimum absolute atomic E-state index is 0.512. The molecule has 0 bridgehead atoms. The first kappa shape index (κ1) is 17.0. The highest BCUT2D eigenvalue weighted by Crippen LogP contribution is 2.29. The summed E-state index contributed by atoms with van der Waals surface area (Å²) in [5, 5.41) is 0. The summed E-state index contributed by atoms with van der Waals surface area (Å²) >= 11 is 16.8. The molecule has 0 aliphatic carbocycles. The van der Waals surface area contributed by atoms with Gasteiger partial charge in [-0.05, 0) is 40.9 Å². The lowest BCUT2D eigenvalue weighted by Gasteiger charge is -2.23. The summed E-state index contributed by atoms with van der Waals surface area (Å²) in [6, 6.07) is 0. The smallest absolute Gasteiger partial charge is 0.278 e. The maximum Gasteiger partial charge on any atom is 0.278 e. The van der Waals surface area contributed by atoms with Crippen LogP contribution in [-0.4, -0.2) is 46.7 Å². The number of rotatable bonds is 5. The third kappa shape index (κ3) is 7.87. The largest absolute Gasteiger partial charge is 0.315 e. The molecule has 0 aliphatic heterocycles. The van der Waals surface area contributed by atoms with Crippen LogP contribution in [0, 0.1) is 0 Å². The van der Waals surface area contributed by atoms with E-state index in [1.807, 2.05) is 32.8 Å². The average molecular weight is 302 g/mol. The Hall–Kier alpha value is 0.0400. The van der Waals surface area contributed by atoms with Crippen molar-refractivity contribution in [3.63, 3.8) is 0 Å². The van der Waals surface area contributed by atoms with Crippen LogP contribution in [0.2, 0.25) is 0 Å². The maximum atomic E-state index is 11.8. The van der Waals surface area contributed by atoms with E-state index in [4.69, 9.17) is 34.8 Å². The zero-order valence-electron chi connectivity index (χ0n) is 10.6. The topological polar surface area (TPSA) is 23.6 Å². The van der Waals surface area contributed by atoms with E-state index in [0.717, 1.165) is 18.5 Å². The number of hydrogen-bond donors (Lipinski definition) is 0. The zero-order chi connectivity index (χ0) is 13.6. The van der Waals surface area contributed by atoms with Crippen LogP contribution in [0.15, 0.2) is 11.8 Å².